The number of carbonyl (C=O) groups excluding carboxylic acids is 1. The molecule has 0 atom stereocenters. The summed E-state index contributed by atoms with van der Waals surface area (Å²) in [6.07, 6.45) is 3.82. The Morgan fingerprint density at radius 1 is 1.25 bits per heavy atom. The number of anilines is 2. The van der Waals surface area contributed by atoms with Crippen molar-refractivity contribution >= 4 is 29.1 Å². The second-order valence-electron chi connectivity index (χ2n) is 5.46. The third-order valence-corrected chi connectivity index (χ3v) is 3.69. The second kappa shape index (κ2) is 8.61. The van der Waals surface area contributed by atoms with Gasteiger partial charge in [0.2, 0.25) is 5.95 Å². The van der Waals surface area contributed by atoms with Gasteiger partial charge in [-0.3, -0.25) is 4.79 Å². The van der Waals surface area contributed by atoms with Crippen LogP contribution in [0.3, 0.4) is 0 Å². The van der Waals surface area contributed by atoms with Gasteiger partial charge < -0.3 is 15.4 Å². The highest BCUT2D eigenvalue weighted by molar-refractivity contribution is 6.34. The number of nitrogens with zero attached hydrogens (tertiary/aromatic N) is 2. The van der Waals surface area contributed by atoms with Crippen LogP contribution in [-0.2, 0) is 4.74 Å². The van der Waals surface area contributed by atoms with Crippen LogP contribution in [-0.4, -0.2) is 36.1 Å². The molecule has 0 aliphatic heterocycles. The number of aryl methyl sites for hydroxylation is 2. The molecule has 1 amide bonds. The van der Waals surface area contributed by atoms with E-state index >= 15 is 0 Å². The summed E-state index contributed by atoms with van der Waals surface area (Å²) in [5, 5.41) is 6.39. The fourth-order valence-electron chi connectivity index (χ4n) is 2.21. The van der Waals surface area contributed by atoms with Gasteiger partial charge >= 0.3 is 0 Å². The molecule has 0 spiro atoms. The van der Waals surface area contributed by atoms with E-state index in [4.69, 9.17) is 16.3 Å². The van der Waals surface area contributed by atoms with Gasteiger partial charge in [-0.05, 0) is 37.5 Å². The van der Waals surface area contributed by atoms with Crippen molar-refractivity contribution in [2.75, 3.05) is 30.9 Å². The predicted octanol–water partition coefficient (Wildman–Crippen LogP) is 3.45. The van der Waals surface area contributed by atoms with Crippen molar-refractivity contribution in [3.05, 3.63) is 46.2 Å². The molecule has 0 unspecified atom stereocenters. The number of rotatable bonds is 7. The standard InChI is InChI=1S/C17H21ClN4O2/c1-11-7-12(2)15(14(18)8-11)22-16(23)13-9-20-17(21-10-13)19-5-4-6-24-3/h7-10H,4-6H2,1-3H3,(H,22,23)(H,19,20,21). The first-order valence-corrected chi connectivity index (χ1v) is 8.02. The van der Waals surface area contributed by atoms with Crippen molar-refractivity contribution in [3.8, 4) is 0 Å². The molecule has 2 rings (SSSR count). The number of nitrogens with one attached hydrogen (secondary N) is 2. The number of ether oxygens (including phenoxy) is 1. The normalized spacial score (nSPS) is 10.5. The molecule has 2 N–H and O–H groups in total. The summed E-state index contributed by atoms with van der Waals surface area (Å²) < 4.78 is 4.97. The predicted molar refractivity (Wildman–Crippen MR) is 95.9 cm³/mol. The Hall–Kier alpha value is -2.18. The largest absolute Gasteiger partial charge is 0.385 e. The van der Waals surface area contributed by atoms with Crippen LogP contribution in [0.5, 0.6) is 0 Å². The first-order valence-electron chi connectivity index (χ1n) is 7.64. The van der Waals surface area contributed by atoms with E-state index in [1.165, 1.54) is 12.4 Å². The minimum atomic E-state index is -0.296. The Morgan fingerprint density at radius 2 is 1.96 bits per heavy atom. The van der Waals surface area contributed by atoms with Crippen molar-refractivity contribution in [2.45, 2.75) is 20.3 Å². The molecule has 1 aromatic heterocycles. The molecule has 6 nitrogen and oxygen atoms in total. The minimum absolute atomic E-state index is 0.296. The summed E-state index contributed by atoms with van der Waals surface area (Å²) in [5.41, 5.74) is 2.93. The van der Waals surface area contributed by atoms with E-state index in [2.05, 4.69) is 20.6 Å². The first-order chi connectivity index (χ1) is 11.5. The molecule has 0 bridgehead atoms. The average molecular weight is 349 g/mol. The molecule has 1 aromatic carbocycles. The number of hydrogen-bond donors (Lipinski definition) is 2. The van der Waals surface area contributed by atoms with Crippen LogP contribution < -0.4 is 10.6 Å². The second-order valence-corrected chi connectivity index (χ2v) is 5.87. The monoisotopic (exact) mass is 348 g/mol. The van der Waals surface area contributed by atoms with Crippen LogP contribution in [0.1, 0.15) is 27.9 Å². The summed E-state index contributed by atoms with van der Waals surface area (Å²) in [5.74, 6) is 0.182. The molecule has 0 aliphatic rings. The Balaban J connectivity index is 2.00. The zero-order valence-corrected chi connectivity index (χ0v) is 14.8. The average Bonchev–Trinajstić information content (AvgIpc) is 2.55. The smallest absolute Gasteiger partial charge is 0.258 e. The summed E-state index contributed by atoms with van der Waals surface area (Å²) in [7, 11) is 1.66. The number of amides is 1. The fourth-order valence-corrected chi connectivity index (χ4v) is 2.58. The number of carbonyl (C=O) groups is 1. The zero-order valence-electron chi connectivity index (χ0n) is 14.0. The third-order valence-electron chi connectivity index (χ3n) is 3.39. The zero-order chi connectivity index (χ0) is 17.5. The van der Waals surface area contributed by atoms with Gasteiger partial charge in [0.15, 0.2) is 0 Å². The lowest BCUT2D eigenvalue weighted by molar-refractivity contribution is 0.102. The van der Waals surface area contributed by atoms with Crippen LogP contribution in [0.25, 0.3) is 0 Å². The van der Waals surface area contributed by atoms with Crippen molar-refractivity contribution in [3.63, 3.8) is 0 Å². The van der Waals surface area contributed by atoms with Gasteiger partial charge in [-0.1, -0.05) is 17.7 Å². The van der Waals surface area contributed by atoms with E-state index in [-0.39, 0.29) is 5.91 Å². The Labute approximate surface area is 146 Å². The molecular weight excluding hydrogens is 328 g/mol. The van der Waals surface area contributed by atoms with E-state index in [1.807, 2.05) is 26.0 Å². The molecule has 0 fully saturated rings. The molecule has 128 valence electrons. The molecule has 0 aliphatic carbocycles. The molecule has 0 radical (unpaired) electrons. The molecule has 1 heterocycles. The van der Waals surface area contributed by atoms with Gasteiger partial charge in [-0.25, -0.2) is 9.97 Å². The highest BCUT2D eigenvalue weighted by Crippen LogP contribution is 2.27. The highest BCUT2D eigenvalue weighted by atomic mass is 35.5. The summed E-state index contributed by atoms with van der Waals surface area (Å²) in [6, 6.07) is 3.78. The molecular formula is C17H21ClN4O2. The maximum Gasteiger partial charge on any atom is 0.258 e. The number of benzene rings is 1. The lowest BCUT2D eigenvalue weighted by Crippen LogP contribution is -2.15. The van der Waals surface area contributed by atoms with Crippen molar-refractivity contribution in [1.29, 1.82) is 0 Å². The molecule has 0 saturated heterocycles. The maximum atomic E-state index is 12.3. The van der Waals surface area contributed by atoms with Gasteiger partial charge in [-0.2, -0.15) is 0 Å². The van der Waals surface area contributed by atoms with Crippen LogP contribution in [0.2, 0.25) is 5.02 Å². The Kier molecular flexibility index (Phi) is 6.52. The molecule has 2 aromatic rings. The number of halogens is 1. The van der Waals surface area contributed by atoms with E-state index in [0.29, 0.717) is 35.4 Å². The van der Waals surface area contributed by atoms with E-state index in [0.717, 1.165) is 17.5 Å². The number of methoxy groups -OCH3 is 1. The number of aromatic nitrogens is 2. The first kappa shape index (κ1) is 18.2. The van der Waals surface area contributed by atoms with E-state index in [9.17, 15) is 4.79 Å². The summed E-state index contributed by atoms with van der Waals surface area (Å²) >= 11 is 6.21. The van der Waals surface area contributed by atoms with Gasteiger partial charge in [0.25, 0.3) is 5.91 Å². The minimum Gasteiger partial charge on any atom is -0.385 e. The highest BCUT2D eigenvalue weighted by Gasteiger charge is 2.12. The molecule has 24 heavy (non-hydrogen) atoms. The lowest BCUT2D eigenvalue weighted by Gasteiger charge is -2.11. The van der Waals surface area contributed by atoms with E-state index < -0.39 is 0 Å². The SMILES string of the molecule is COCCCNc1ncc(C(=O)Nc2c(C)cc(C)cc2Cl)cn1. The van der Waals surface area contributed by atoms with E-state index in [1.54, 1.807) is 7.11 Å². The number of hydrogen-bond acceptors (Lipinski definition) is 5. The molecule has 0 saturated carbocycles. The summed E-state index contributed by atoms with van der Waals surface area (Å²) in [6.45, 7) is 5.23. The van der Waals surface area contributed by atoms with Crippen LogP contribution in [0, 0.1) is 13.8 Å². The summed E-state index contributed by atoms with van der Waals surface area (Å²) in [4.78, 5) is 20.6. The third kappa shape index (κ3) is 4.91. The van der Waals surface area contributed by atoms with Gasteiger partial charge in [0.1, 0.15) is 0 Å². The van der Waals surface area contributed by atoms with Gasteiger partial charge in [0.05, 0.1) is 16.3 Å². The van der Waals surface area contributed by atoms with Gasteiger partial charge in [0, 0.05) is 32.7 Å². The van der Waals surface area contributed by atoms with Crippen molar-refractivity contribution < 1.29 is 9.53 Å². The van der Waals surface area contributed by atoms with Crippen LogP contribution in [0.15, 0.2) is 24.5 Å². The van der Waals surface area contributed by atoms with Crippen molar-refractivity contribution in [1.82, 2.24) is 9.97 Å². The van der Waals surface area contributed by atoms with Crippen molar-refractivity contribution in [2.24, 2.45) is 0 Å². The van der Waals surface area contributed by atoms with Gasteiger partial charge in [-0.15, -0.1) is 0 Å². The quantitative estimate of drug-likeness (QED) is 0.749. The fraction of sp³-hybridized carbons (Fsp3) is 0.353. The lowest BCUT2D eigenvalue weighted by atomic mass is 10.1. The van der Waals surface area contributed by atoms with Crippen LogP contribution >= 0.6 is 11.6 Å². The Bertz CT molecular complexity index is 681. The Morgan fingerprint density at radius 3 is 2.58 bits per heavy atom. The van der Waals surface area contributed by atoms with Crippen LogP contribution in [0.4, 0.5) is 11.6 Å². The molecule has 7 heteroatoms. The topological polar surface area (TPSA) is 76.1 Å². The maximum absolute atomic E-state index is 12.3.